The monoisotopic (exact) mass is 227 g/mol. The van der Waals surface area contributed by atoms with Crippen LogP contribution in [-0.4, -0.2) is 37.6 Å². The van der Waals surface area contributed by atoms with Crippen molar-refractivity contribution in [3.8, 4) is 0 Å². The van der Waals surface area contributed by atoms with E-state index in [1.54, 1.807) is 0 Å². The van der Waals surface area contributed by atoms with Gasteiger partial charge in [-0.3, -0.25) is 4.79 Å². The molecule has 16 heavy (non-hydrogen) atoms. The first-order valence-corrected chi connectivity index (χ1v) is 6.56. The van der Waals surface area contributed by atoms with E-state index in [-0.39, 0.29) is 5.97 Å². The number of ether oxygens (including phenoxy) is 1. The van der Waals surface area contributed by atoms with Crippen molar-refractivity contribution < 1.29 is 9.53 Å². The van der Waals surface area contributed by atoms with Crippen LogP contribution in [0.15, 0.2) is 0 Å². The number of carbonyl (C=O) groups excluding carboxylic acids is 1. The minimum atomic E-state index is -0.0474. The molecular weight excluding hydrogens is 202 g/mol. The van der Waals surface area contributed by atoms with Gasteiger partial charge in [0.1, 0.15) is 0 Å². The van der Waals surface area contributed by atoms with Crippen molar-refractivity contribution in [3.05, 3.63) is 0 Å². The smallest absolute Gasteiger partial charge is 0.305 e. The molecular formula is C13H25NO2. The van der Waals surface area contributed by atoms with Crippen LogP contribution in [0, 0.1) is 5.92 Å². The molecule has 0 aromatic rings. The predicted octanol–water partition coefficient (Wildman–Crippen LogP) is 2.45. The topological polar surface area (TPSA) is 29.5 Å². The fourth-order valence-electron chi connectivity index (χ4n) is 1.89. The van der Waals surface area contributed by atoms with E-state index in [0.29, 0.717) is 13.0 Å². The maximum Gasteiger partial charge on any atom is 0.305 e. The van der Waals surface area contributed by atoms with Crippen molar-refractivity contribution in [1.82, 2.24) is 4.90 Å². The van der Waals surface area contributed by atoms with Gasteiger partial charge in [-0.25, -0.2) is 0 Å². The second kappa shape index (κ2) is 7.66. The lowest BCUT2D eigenvalue weighted by Gasteiger charge is -2.15. The first-order valence-electron chi connectivity index (χ1n) is 6.56. The van der Waals surface area contributed by atoms with Crippen molar-refractivity contribution in [2.75, 3.05) is 26.7 Å². The van der Waals surface area contributed by atoms with Crippen molar-refractivity contribution in [2.45, 2.75) is 45.4 Å². The Labute approximate surface area is 99.1 Å². The average Bonchev–Trinajstić information content (AvgIpc) is 3.01. The Hall–Kier alpha value is -0.570. The third-order valence-corrected chi connectivity index (χ3v) is 2.99. The normalized spacial score (nSPS) is 15.4. The van der Waals surface area contributed by atoms with Crippen molar-refractivity contribution in [3.63, 3.8) is 0 Å². The molecule has 94 valence electrons. The molecule has 1 aliphatic carbocycles. The van der Waals surface area contributed by atoms with Crippen LogP contribution in [0.5, 0.6) is 0 Å². The molecule has 0 amide bonds. The summed E-state index contributed by atoms with van der Waals surface area (Å²) in [5, 5.41) is 0. The number of rotatable bonds is 9. The van der Waals surface area contributed by atoms with Gasteiger partial charge in [0.15, 0.2) is 0 Å². The van der Waals surface area contributed by atoms with Gasteiger partial charge in [-0.1, -0.05) is 6.42 Å². The molecule has 0 unspecified atom stereocenters. The van der Waals surface area contributed by atoms with Gasteiger partial charge in [0.05, 0.1) is 6.61 Å². The SMILES string of the molecule is CCOC(=O)CCCCCN(C)CC1CC1. The summed E-state index contributed by atoms with van der Waals surface area (Å²) in [6.45, 7) is 4.78. The van der Waals surface area contributed by atoms with Crippen molar-refractivity contribution in [2.24, 2.45) is 5.92 Å². The summed E-state index contributed by atoms with van der Waals surface area (Å²) in [5.74, 6) is 0.929. The van der Waals surface area contributed by atoms with Gasteiger partial charge in [-0.05, 0) is 52.1 Å². The Balaban J connectivity index is 1.84. The van der Waals surface area contributed by atoms with Crippen LogP contribution in [-0.2, 0) is 9.53 Å². The fraction of sp³-hybridized carbons (Fsp3) is 0.923. The Bertz CT molecular complexity index is 202. The third-order valence-electron chi connectivity index (χ3n) is 2.99. The Morgan fingerprint density at radius 3 is 2.69 bits per heavy atom. The van der Waals surface area contributed by atoms with Gasteiger partial charge in [0.25, 0.3) is 0 Å². The van der Waals surface area contributed by atoms with Crippen LogP contribution < -0.4 is 0 Å². The van der Waals surface area contributed by atoms with E-state index in [0.717, 1.165) is 18.8 Å². The van der Waals surface area contributed by atoms with Crippen LogP contribution in [0.3, 0.4) is 0 Å². The summed E-state index contributed by atoms with van der Waals surface area (Å²) in [7, 11) is 2.20. The van der Waals surface area contributed by atoms with E-state index in [1.165, 1.54) is 32.4 Å². The van der Waals surface area contributed by atoms with Gasteiger partial charge >= 0.3 is 5.97 Å². The minimum absolute atomic E-state index is 0.0474. The molecule has 0 aromatic carbocycles. The lowest BCUT2D eigenvalue weighted by atomic mass is 10.2. The first-order chi connectivity index (χ1) is 7.72. The molecule has 1 rings (SSSR count). The molecule has 0 spiro atoms. The lowest BCUT2D eigenvalue weighted by molar-refractivity contribution is -0.143. The number of esters is 1. The maximum absolute atomic E-state index is 11.1. The molecule has 3 nitrogen and oxygen atoms in total. The maximum atomic E-state index is 11.1. The molecule has 0 bridgehead atoms. The Morgan fingerprint density at radius 2 is 2.06 bits per heavy atom. The molecule has 0 heterocycles. The third kappa shape index (κ3) is 6.83. The lowest BCUT2D eigenvalue weighted by Crippen LogP contribution is -2.22. The standard InChI is InChI=1S/C13H25NO2/c1-3-16-13(15)7-5-4-6-10-14(2)11-12-8-9-12/h12H,3-11H2,1-2H3. The zero-order valence-electron chi connectivity index (χ0n) is 10.7. The van der Waals surface area contributed by atoms with Crippen molar-refractivity contribution >= 4 is 5.97 Å². The van der Waals surface area contributed by atoms with E-state index in [9.17, 15) is 4.79 Å². The molecule has 1 aliphatic rings. The number of unbranched alkanes of at least 4 members (excludes halogenated alkanes) is 2. The van der Waals surface area contributed by atoms with E-state index < -0.39 is 0 Å². The quantitative estimate of drug-likeness (QED) is 0.447. The second-order valence-corrected chi connectivity index (χ2v) is 4.82. The van der Waals surface area contributed by atoms with E-state index in [2.05, 4.69) is 11.9 Å². The zero-order valence-corrected chi connectivity index (χ0v) is 10.7. The van der Waals surface area contributed by atoms with Crippen LogP contribution >= 0.6 is 0 Å². The summed E-state index contributed by atoms with van der Waals surface area (Å²) in [4.78, 5) is 13.5. The van der Waals surface area contributed by atoms with Crippen LogP contribution in [0.2, 0.25) is 0 Å². The molecule has 0 radical (unpaired) electrons. The Morgan fingerprint density at radius 1 is 1.31 bits per heavy atom. The second-order valence-electron chi connectivity index (χ2n) is 4.82. The van der Waals surface area contributed by atoms with Crippen LogP contribution in [0.4, 0.5) is 0 Å². The van der Waals surface area contributed by atoms with Crippen molar-refractivity contribution in [1.29, 1.82) is 0 Å². The number of nitrogens with zero attached hydrogens (tertiary/aromatic N) is 1. The first kappa shape index (κ1) is 13.5. The molecule has 0 aliphatic heterocycles. The molecule has 1 fully saturated rings. The molecule has 0 aromatic heterocycles. The summed E-state index contributed by atoms with van der Waals surface area (Å²) in [6.07, 6.45) is 6.73. The molecule has 0 atom stereocenters. The summed E-state index contributed by atoms with van der Waals surface area (Å²) in [5.41, 5.74) is 0. The Kier molecular flexibility index (Phi) is 6.46. The van der Waals surface area contributed by atoms with Gasteiger partial charge in [0.2, 0.25) is 0 Å². The van der Waals surface area contributed by atoms with Crippen LogP contribution in [0.25, 0.3) is 0 Å². The van der Waals surface area contributed by atoms with Gasteiger partial charge in [-0.2, -0.15) is 0 Å². The van der Waals surface area contributed by atoms with E-state index in [1.807, 2.05) is 6.92 Å². The average molecular weight is 227 g/mol. The molecule has 1 saturated carbocycles. The number of hydrogen-bond acceptors (Lipinski definition) is 3. The highest BCUT2D eigenvalue weighted by Gasteiger charge is 2.22. The number of hydrogen-bond donors (Lipinski definition) is 0. The summed E-state index contributed by atoms with van der Waals surface area (Å²) < 4.78 is 4.88. The fourth-order valence-corrected chi connectivity index (χ4v) is 1.89. The van der Waals surface area contributed by atoms with Crippen LogP contribution in [0.1, 0.15) is 45.4 Å². The molecule has 0 N–H and O–H groups in total. The molecule has 3 heteroatoms. The molecule has 0 saturated heterocycles. The largest absolute Gasteiger partial charge is 0.466 e. The predicted molar refractivity (Wildman–Crippen MR) is 65.3 cm³/mol. The van der Waals surface area contributed by atoms with E-state index >= 15 is 0 Å². The minimum Gasteiger partial charge on any atom is -0.466 e. The van der Waals surface area contributed by atoms with Gasteiger partial charge in [0, 0.05) is 13.0 Å². The summed E-state index contributed by atoms with van der Waals surface area (Å²) >= 11 is 0. The highest BCUT2D eigenvalue weighted by atomic mass is 16.5. The van der Waals surface area contributed by atoms with Gasteiger partial charge < -0.3 is 9.64 Å². The zero-order chi connectivity index (χ0) is 11.8. The van der Waals surface area contributed by atoms with E-state index in [4.69, 9.17) is 4.74 Å². The number of carbonyl (C=O) groups is 1. The summed E-state index contributed by atoms with van der Waals surface area (Å²) in [6, 6.07) is 0. The highest BCUT2D eigenvalue weighted by Crippen LogP contribution is 2.29. The highest BCUT2D eigenvalue weighted by molar-refractivity contribution is 5.69. The van der Waals surface area contributed by atoms with Gasteiger partial charge in [-0.15, -0.1) is 0 Å².